The van der Waals surface area contributed by atoms with Gasteiger partial charge < -0.3 is 42.7 Å². The van der Waals surface area contributed by atoms with E-state index >= 15 is 0 Å². The second-order valence-electron chi connectivity index (χ2n) is 16.6. The van der Waals surface area contributed by atoms with Gasteiger partial charge in [-0.3, -0.25) is 9.59 Å². The molecule has 4 aromatic carbocycles. The van der Waals surface area contributed by atoms with E-state index in [-0.39, 0.29) is 87.0 Å². The van der Waals surface area contributed by atoms with Gasteiger partial charge in [0, 0.05) is 66.7 Å². The number of esters is 3. The second-order valence-corrected chi connectivity index (χ2v) is 16.6. The van der Waals surface area contributed by atoms with Crippen LogP contribution in [0.2, 0.25) is 0 Å². The molecule has 0 aliphatic heterocycles. The van der Waals surface area contributed by atoms with Crippen LogP contribution in [0, 0.1) is 0 Å². The fourth-order valence-electron chi connectivity index (χ4n) is 8.91. The normalized spacial score (nSPS) is 13.4. The van der Waals surface area contributed by atoms with E-state index in [9.17, 15) is 24.3 Å². The monoisotopic (exact) mass is 910 g/mol. The molecule has 66 heavy (non-hydrogen) atoms. The molecule has 12 nitrogen and oxygen atoms in total. The van der Waals surface area contributed by atoms with E-state index < -0.39 is 11.9 Å². The van der Waals surface area contributed by atoms with E-state index in [0.29, 0.717) is 29.9 Å². The molecule has 2 aromatic heterocycles. The summed E-state index contributed by atoms with van der Waals surface area (Å²) >= 11 is 0. The number of hydrogen-bond acceptors (Lipinski definition) is 10. The number of carbonyl (C=O) groups is 4. The summed E-state index contributed by atoms with van der Waals surface area (Å²) < 4.78 is 31.1. The van der Waals surface area contributed by atoms with Crippen molar-refractivity contribution >= 4 is 45.7 Å². The van der Waals surface area contributed by atoms with Crippen LogP contribution >= 0.6 is 0 Å². The van der Waals surface area contributed by atoms with Gasteiger partial charge in [0.15, 0.2) is 0 Å². The first-order chi connectivity index (χ1) is 30.4. The number of carboxylic acid groups (broad SMARTS) is 1. The molecule has 0 N–H and O–H groups in total. The van der Waals surface area contributed by atoms with Crippen LogP contribution in [0.15, 0.2) is 85.2 Å². The van der Waals surface area contributed by atoms with E-state index in [1.807, 2.05) is 49.0 Å². The maximum atomic E-state index is 12.4. The van der Waals surface area contributed by atoms with Crippen LogP contribution in [0.5, 0.6) is 11.5 Å². The average Bonchev–Trinajstić information content (AvgIpc) is 4.10. The number of carboxylic acids is 1. The van der Waals surface area contributed by atoms with Gasteiger partial charge in [-0.15, -0.1) is 0 Å². The number of nitrogens with zero attached hydrogens (tertiary/aromatic N) is 2. The van der Waals surface area contributed by atoms with Crippen molar-refractivity contribution in [1.29, 1.82) is 0 Å². The maximum absolute atomic E-state index is 12.4. The number of aryl methyl sites for hydroxylation is 2. The minimum atomic E-state index is -1.23. The third-order valence-corrected chi connectivity index (χ3v) is 12.2. The van der Waals surface area contributed by atoms with E-state index in [1.54, 1.807) is 25.3 Å². The summed E-state index contributed by atoms with van der Waals surface area (Å²) in [7, 11) is 8.47. The summed E-state index contributed by atoms with van der Waals surface area (Å²) in [6.07, 6.45) is 14.5. The molecule has 0 saturated heterocycles. The van der Waals surface area contributed by atoms with Crippen molar-refractivity contribution in [2.45, 2.75) is 104 Å². The van der Waals surface area contributed by atoms with Crippen LogP contribution < -0.4 is 44.1 Å². The van der Waals surface area contributed by atoms with Gasteiger partial charge in [-0.2, -0.15) is 0 Å². The van der Waals surface area contributed by atoms with Gasteiger partial charge in [-0.05, 0) is 127 Å². The van der Waals surface area contributed by atoms with E-state index in [2.05, 4.69) is 29.1 Å². The van der Waals surface area contributed by atoms with Gasteiger partial charge in [-0.25, -0.2) is 4.79 Å². The molecule has 346 valence electrons. The SMILES string of the molecule is C.C.COC(=O)c1ccc(Cc2cn(C)c3ccc(CC(=O)OC4CCCC4)cc23)c(OC)c1.COc1cc(C(=O)[O-])ccc1Cc1cn(C)c2ccc(CC(=O)OC3CCCC3)cc12.[Na+]. The molecule has 0 radical (unpaired) electrons. The topological polar surface area (TPSA) is 147 Å². The summed E-state index contributed by atoms with van der Waals surface area (Å²) in [5.74, 6) is -0.813. The van der Waals surface area contributed by atoms with Gasteiger partial charge in [0.05, 0.1) is 45.7 Å². The number of fused-ring (bicyclic) bond motifs is 2. The first-order valence-electron chi connectivity index (χ1n) is 21.6. The molecular formula is C53H63N2NaO10. The van der Waals surface area contributed by atoms with Gasteiger partial charge in [0.1, 0.15) is 23.7 Å². The van der Waals surface area contributed by atoms with Gasteiger partial charge >= 0.3 is 47.5 Å². The molecule has 2 saturated carbocycles. The van der Waals surface area contributed by atoms with E-state index in [1.165, 1.54) is 26.4 Å². The number of methoxy groups -OCH3 is 3. The molecule has 2 fully saturated rings. The van der Waals surface area contributed by atoms with Crippen molar-refractivity contribution in [2.75, 3.05) is 21.3 Å². The Balaban J connectivity index is 0.000000276. The summed E-state index contributed by atoms with van der Waals surface area (Å²) in [6.45, 7) is 0. The predicted molar refractivity (Wildman–Crippen MR) is 251 cm³/mol. The largest absolute Gasteiger partial charge is 1.00 e. The molecule has 13 heteroatoms. The van der Waals surface area contributed by atoms with E-state index in [0.717, 1.165) is 107 Å². The predicted octanol–water partition coefficient (Wildman–Crippen LogP) is 6.04. The summed E-state index contributed by atoms with van der Waals surface area (Å²) in [6, 6.07) is 22.3. The third kappa shape index (κ3) is 12.9. The zero-order valence-electron chi connectivity index (χ0n) is 37.7. The Hall–Kier alpha value is -5.56. The summed E-state index contributed by atoms with van der Waals surface area (Å²) in [5, 5.41) is 13.3. The third-order valence-electron chi connectivity index (χ3n) is 12.2. The maximum Gasteiger partial charge on any atom is 1.00 e. The van der Waals surface area contributed by atoms with Crippen molar-refractivity contribution in [2.24, 2.45) is 14.1 Å². The molecule has 0 spiro atoms. The van der Waals surface area contributed by atoms with Crippen LogP contribution in [0.25, 0.3) is 21.8 Å². The van der Waals surface area contributed by atoms with Gasteiger partial charge in [0.25, 0.3) is 0 Å². The smallest absolute Gasteiger partial charge is 0.545 e. The Kier molecular flexibility index (Phi) is 19.5. The Bertz CT molecular complexity index is 2630. The van der Waals surface area contributed by atoms with Crippen LogP contribution in [0.4, 0.5) is 0 Å². The first-order valence-corrected chi connectivity index (χ1v) is 21.6. The van der Waals surface area contributed by atoms with Crippen molar-refractivity contribution in [3.05, 3.63) is 130 Å². The Morgan fingerprint density at radius 1 is 0.576 bits per heavy atom. The van der Waals surface area contributed by atoms with Crippen LogP contribution in [-0.2, 0) is 63.6 Å². The summed E-state index contributed by atoms with van der Waals surface area (Å²) in [4.78, 5) is 47.7. The van der Waals surface area contributed by atoms with Crippen molar-refractivity contribution in [1.82, 2.24) is 9.13 Å². The molecule has 0 bridgehead atoms. The average molecular weight is 911 g/mol. The van der Waals surface area contributed by atoms with Gasteiger partial charge in [0.2, 0.25) is 0 Å². The van der Waals surface area contributed by atoms with Crippen LogP contribution in [0.1, 0.15) is 120 Å². The number of aromatic carboxylic acids is 1. The van der Waals surface area contributed by atoms with Crippen LogP contribution in [0.3, 0.4) is 0 Å². The fraction of sp³-hybridized carbons (Fsp3) is 0.396. The number of carbonyl (C=O) groups excluding carboxylic acids is 4. The Morgan fingerprint density at radius 3 is 1.38 bits per heavy atom. The number of hydrogen-bond donors (Lipinski definition) is 0. The van der Waals surface area contributed by atoms with E-state index in [4.69, 9.17) is 23.7 Å². The quantitative estimate of drug-likeness (QED) is 0.0721. The molecule has 2 aliphatic carbocycles. The number of aromatic nitrogens is 2. The van der Waals surface area contributed by atoms with Gasteiger partial charge in [-0.1, -0.05) is 45.2 Å². The Morgan fingerprint density at radius 2 is 0.985 bits per heavy atom. The number of rotatable bonds is 14. The zero-order valence-corrected chi connectivity index (χ0v) is 39.7. The second kappa shape index (κ2) is 24.3. The molecule has 0 amide bonds. The molecule has 0 atom stereocenters. The van der Waals surface area contributed by atoms with Crippen molar-refractivity contribution in [3.63, 3.8) is 0 Å². The zero-order chi connectivity index (χ0) is 44.6. The molecule has 8 rings (SSSR count). The molecule has 2 heterocycles. The summed E-state index contributed by atoms with van der Waals surface area (Å²) in [5.41, 5.74) is 8.61. The minimum absolute atomic E-state index is 0. The first kappa shape index (κ1) is 53.1. The number of ether oxygens (including phenoxy) is 5. The van der Waals surface area contributed by atoms with Crippen LogP contribution in [-0.4, -0.2) is 66.5 Å². The Labute approximate surface area is 410 Å². The molecular weight excluding hydrogens is 848 g/mol. The minimum Gasteiger partial charge on any atom is -0.545 e. The molecule has 6 aromatic rings. The standard InChI is InChI=1S/C26H29NO5.C25H27NO5.2CH4.Na/c1-27-16-20(14-18-9-10-19(26(29)31-3)15-24(18)30-2)22-12-17(8-11-23(22)27)13-25(28)32-21-6-4-5-7-21;1-26-15-19(13-17-8-9-18(25(28)29)14-23(17)30-2)21-11-16(7-10-22(21)26)12-24(27)31-20-5-3-4-6-20;;;/h8-12,15-16,21H,4-7,13-14H2,1-3H3;7-11,14-15,20H,3-6,12-13H2,1-2H3,(H,28,29);2*1H4;/q;;;;+1/p-1. The van der Waals surface area contributed by atoms with Crippen molar-refractivity contribution < 1.29 is 77.5 Å². The molecule has 0 unspecified atom stereocenters. The molecule has 2 aliphatic rings. The fourth-order valence-corrected chi connectivity index (χ4v) is 8.91. The number of benzene rings is 4. The van der Waals surface area contributed by atoms with Crippen molar-refractivity contribution in [3.8, 4) is 11.5 Å².